The summed E-state index contributed by atoms with van der Waals surface area (Å²) < 4.78 is 5.72. The van der Waals surface area contributed by atoms with E-state index in [1.165, 1.54) is 6.42 Å². The molecule has 0 spiro atoms. The van der Waals surface area contributed by atoms with Gasteiger partial charge in [-0.05, 0) is 32.2 Å². The van der Waals surface area contributed by atoms with Crippen LogP contribution in [0, 0.1) is 5.92 Å². The highest BCUT2D eigenvalue weighted by Gasteiger charge is 2.42. The number of amides is 1. The molecule has 2 bridgehead atoms. The van der Waals surface area contributed by atoms with Gasteiger partial charge in [-0.1, -0.05) is 0 Å². The smallest absolute Gasteiger partial charge is 0.224 e. The van der Waals surface area contributed by atoms with Crippen molar-refractivity contribution < 1.29 is 9.53 Å². The summed E-state index contributed by atoms with van der Waals surface area (Å²) in [5.41, 5.74) is 0. The molecule has 0 saturated carbocycles. The van der Waals surface area contributed by atoms with Gasteiger partial charge in [0.2, 0.25) is 5.91 Å². The van der Waals surface area contributed by atoms with Gasteiger partial charge in [-0.3, -0.25) is 4.79 Å². The number of carbonyl (C=O) groups excluding carboxylic acids is 1. The van der Waals surface area contributed by atoms with Crippen molar-refractivity contribution in [1.82, 2.24) is 10.6 Å². The minimum absolute atomic E-state index is 0.184. The van der Waals surface area contributed by atoms with Gasteiger partial charge in [-0.2, -0.15) is 0 Å². The van der Waals surface area contributed by atoms with E-state index in [4.69, 9.17) is 4.74 Å². The molecule has 0 radical (unpaired) electrons. The molecular formula is C11H18N2O2. The Bertz CT molecular complexity index is 263. The average Bonchev–Trinajstić information content (AvgIpc) is 2.95. The van der Waals surface area contributed by atoms with Crippen LogP contribution in [0.2, 0.25) is 0 Å². The van der Waals surface area contributed by atoms with Crippen molar-refractivity contribution in [2.45, 2.75) is 43.9 Å². The van der Waals surface area contributed by atoms with Crippen LogP contribution < -0.4 is 10.6 Å². The van der Waals surface area contributed by atoms with Crippen molar-refractivity contribution >= 4 is 5.91 Å². The van der Waals surface area contributed by atoms with E-state index in [9.17, 15) is 4.79 Å². The summed E-state index contributed by atoms with van der Waals surface area (Å²) in [6.45, 7) is 1.82. The fourth-order valence-electron chi connectivity index (χ4n) is 2.97. The van der Waals surface area contributed by atoms with Gasteiger partial charge in [0.25, 0.3) is 0 Å². The summed E-state index contributed by atoms with van der Waals surface area (Å²) in [4.78, 5) is 11.9. The van der Waals surface area contributed by atoms with Crippen LogP contribution in [0.15, 0.2) is 0 Å². The van der Waals surface area contributed by atoms with E-state index in [1.54, 1.807) is 0 Å². The molecule has 84 valence electrons. The summed E-state index contributed by atoms with van der Waals surface area (Å²) in [6, 6.07) is 0.289. The second kappa shape index (κ2) is 3.76. The van der Waals surface area contributed by atoms with Gasteiger partial charge >= 0.3 is 0 Å². The first kappa shape index (κ1) is 9.60. The maximum atomic E-state index is 11.9. The Balaban J connectivity index is 1.54. The van der Waals surface area contributed by atoms with Crippen LogP contribution in [0.4, 0.5) is 0 Å². The first-order chi connectivity index (χ1) is 7.33. The first-order valence-corrected chi connectivity index (χ1v) is 5.99. The summed E-state index contributed by atoms with van der Waals surface area (Å²) in [7, 11) is 0. The standard InChI is InChI=1S/C11H18N2O2/c14-11(7-3-4-12-6-7)13-9-5-8-1-2-10(9)15-8/h7-10,12H,1-6H2,(H,13,14)/t7-,8-,9-,10+/m1/s1. The molecule has 3 aliphatic heterocycles. The van der Waals surface area contributed by atoms with E-state index in [-0.39, 0.29) is 17.9 Å². The third-order valence-electron chi connectivity index (χ3n) is 3.86. The molecular weight excluding hydrogens is 192 g/mol. The third kappa shape index (κ3) is 1.76. The van der Waals surface area contributed by atoms with E-state index < -0.39 is 0 Å². The van der Waals surface area contributed by atoms with E-state index in [2.05, 4.69) is 10.6 Å². The predicted molar refractivity (Wildman–Crippen MR) is 55.4 cm³/mol. The number of rotatable bonds is 2. The lowest BCUT2D eigenvalue weighted by Crippen LogP contribution is -2.44. The zero-order chi connectivity index (χ0) is 10.3. The maximum absolute atomic E-state index is 11.9. The van der Waals surface area contributed by atoms with Gasteiger partial charge in [0.15, 0.2) is 0 Å². The fourth-order valence-corrected chi connectivity index (χ4v) is 2.97. The molecule has 0 aliphatic carbocycles. The average molecular weight is 210 g/mol. The van der Waals surface area contributed by atoms with Crippen LogP contribution >= 0.6 is 0 Å². The molecule has 0 aromatic rings. The monoisotopic (exact) mass is 210 g/mol. The normalized spacial score (nSPS) is 43.5. The molecule has 3 aliphatic rings. The van der Waals surface area contributed by atoms with Crippen molar-refractivity contribution in [3.8, 4) is 0 Å². The van der Waals surface area contributed by atoms with Gasteiger partial charge in [0.05, 0.1) is 24.2 Å². The Morgan fingerprint density at radius 3 is 2.87 bits per heavy atom. The first-order valence-electron chi connectivity index (χ1n) is 5.99. The van der Waals surface area contributed by atoms with Crippen LogP contribution in [0.1, 0.15) is 25.7 Å². The van der Waals surface area contributed by atoms with Crippen LogP contribution in [-0.4, -0.2) is 37.2 Å². The van der Waals surface area contributed by atoms with Crippen molar-refractivity contribution in [2.75, 3.05) is 13.1 Å². The molecule has 15 heavy (non-hydrogen) atoms. The molecule has 4 heteroatoms. The van der Waals surface area contributed by atoms with Crippen molar-refractivity contribution in [3.63, 3.8) is 0 Å². The Kier molecular flexibility index (Phi) is 2.41. The molecule has 0 aromatic heterocycles. The Hall–Kier alpha value is -0.610. The molecule has 3 rings (SSSR count). The summed E-state index contributed by atoms with van der Waals surface area (Å²) in [6.07, 6.45) is 5.03. The molecule has 4 atom stereocenters. The van der Waals surface area contributed by atoms with Crippen LogP contribution in [-0.2, 0) is 9.53 Å². The summed E-state index contributed by atoms with van der Waals surface area (Å²) >= 11 is 0. The van der Waals surface area contributed by atoms with Gasteiger partial charge in [0, 0.05) is 6.54 Å². The van der Waals surface area contributed by atoms with E-state index in [0.29, 0.717) is 12.2 Å². The lowest BCUT2D eigenvalue weighted by Gasteiger charge is -2.21. The molecule has 0 aromatic carbocycles. The van der Waals surface area contributed by atoms with Gasteiger partial charge in [-0.25, -0.2) is 0 Å². The van der Waals surface area contributed by atoms with Gasteiger partial charge in [0.1, 0.15) is 0 Å². The summed E-state index contributed by atoms with van der Waals surface area (Å²) in [5, 5.41) is 6.37. The quantitative estimate of drug-likeness (QED) is 0.676. The Morgan fingerprint density at radius 2 is 2.27 bits per heavy atom. The second-order valence-electron chi connectivity index (χ2n) is 4.91. The highest BCUT2D eigenvalue weighted by Crippen LogP contribution is 2.34. The topological polar surface area (TPSA) is 50.4 Å². The third-order valence-corrected chi connectivity index (χ3v) is 3.86. The fraction of sp³-hybridized carbons (Fsp3) is 0.909. The Morgan fingerprint density at radius 1 is 1.33 bits per heavy atom. The number of hydrogen-bond donors (Lipinski definition) is 2. The van der Waals surface area contributed by atoms with Crippen LogP contribution in [0.25, 0.3) is 0 Å². The molecule has 3 heterocycles. The minimum atomic E-state index is 0.184. The zero-order valence-electron chi connectivity index (χ0n) is 8.87. The van der Waals surface area contributed by atoms with Crippen molar-refractivity contribution in [1.29, 1.82) is 0 Å². The lowest BCUT2D eigenvalue weighted by atomic mass is 9.95. The number of ether oxygens (including phenoxy) is 1. The van der Waals surface area contributed by atoms with E-state index in [1.807, 2.05) is 0 Å². The highest BCUT2D eigenvalue weighted by atomic mass is 16.5. The number of nitrogens with one attached hydrogen (secondary N) is 2. The number of hydrogen-bond acceptors (Lipinski definition) is 3. The number of carbonyl (C=O) groups is 1. The second-order valence-corrected chi connectivity index (χ2v) is 4.91. The number of fused-ring (bicyclic) bond motifs is 2. The molecule has 2 N–H and O–H groups in total. The van der Waals surface area contributed by atoms with E-state index >= 15 is 0 Å². The molecule has 0 unspecified atom stereocenters. The highest BCUT2D eigenvalue weighted by molar-refractivity contribution is 5.79. The van der Waals surface area contributed by atoms with Crippen LogP contribution in [0.3, 0.4) is 0 Å². The van der Waals surface area contributed by atoms with E-state index in [0.717, 1.165) is 32.4 Å². The van der Waals surface area contributed by atoms with Crippen LogP contribution in [0.5, 0.6) is 0 Å². The van der Waals surface area contributed by atoms with Crippen molar-refractivity contribution in [2.24, 2.45) is 5.92 Å². The molecule has 3 saturated heterocycles. The SMILES string of the molecule is O=C(N[C@@H]1C[C@H]2CC[C@@H]1O2)[C@@H]1CCNC1. The largest absolute Gasteiger partial charge is 0.373 e. The maximum Gasteiger partial charge on any atom is 0.224 e. The molecule has 1 amide bonds. The summed E-state index contributed by atoms with van der Waals surface area (Å²) in [5.74, 6) is 0.408. The predicted octanol–water partition coefficient (Wildman–Crippen LogP) is 0.0320. The van der Waals surface area contributed by atoms with Gasteiger partial charge < -0.3 is 15.4 Å². The molecule has 3 fully saturated rings. The molecule has 4 nitrogen and oxygen atoms in total. The Labute approximate surface area is 89.7 Å². The lowest BCUT2D eigenvalue weighted by molar-refractivity contribution is -0.125. The van der Waals surface area contributed by atoms with Crippen molar-refractivity contribution in [3.05, 3.63) is 0 Å². The minimum Gasteiger partial charge on any atom is -0.373 e. The zero-order valence-corrected chi connectivity index (χ0v) is 8.87. The van der Waals surface area contributed by atoms with Gasteiger partial charge in [-0.15, -0.1) is 0 Å².